The highest BCUT2D eigenvalue weighted by molar-refractivity contribution is 7.83. The molecule has 0 aliphatic heterocycles. The van der Waals surface area contributed by atoms with Gasteiger partial charge in [-0.05, 0) is 44.0 Å². The van der Waals surface area contributed by atoms with Crippen LogP contribution in [0.15, 0.2) is 24.3 Å². The third kappa shape index (κ3) is 9.49. The maximum atomic E-state index is 10.7. The van der Waals surface area contributed by atoms with Gasteiger partial charge in [0, 0.05) is 18.7 Å². The van der Waals surface area contributed by atoms with Gasteiger partial charge in [0.15, 0.2) is 0 Å². The van der Waals surface area contributed by atoms with E-state index in [1.165, 1.54) is 13.3 Å². The van der Waals surface area contributed by atoms with E-state index < -0.39 is 10.3 Å². The van der Waals surface area contributed by atoms with Gasteiger partial charge >= 0.3 is 10.3 Å². The highest BCUT2D eigenvalue weighted by atomic mass is 32.2. The first-order valence-electron chi connectivity index (χ1n) is 8.05. The number of benzene rings is 1. The van der Waals surface area contributed by atoms with E-state index in [-0.39, 0.29) is 11.9 Å². The molecule has 0 saturated heterocycles. The predicted molar refractivity (Wildman–Crippen MR) is 93.5 cm³/mol. The minimum atomic E-state index is -3.97. The highest BCUT2D eigenvalue weighted by Crippen LogP contribution is 2.17. The highest BCUT2D eigenvalue weighted by Gasteiger charge is 2.17. The third-order valence-corrected chi connectivity index (χ3v) is 4.04. The Morgan fingerprint density at radius 3 is 2.25 bits per heavy atom. The molecular formula is C16H26N2O5S. The van der Waals surface area contributed by atoms with E-state index in [1.807, 2.05) is 31.2 Å². The van der Waals surface area contributed by atoms with E-state index in [1.54, 1.807) is 0 Å². The molecule has 8 heteroatoms. The van der Waals surface area contributed by atoms with E-state index in [0.29, 0.717) is 6.61 Å². The number of amides is 1. The van der Waals surface area contributed by atoms with Gasteiger partial charge < -0.3 is 10.1 Å². The van der Waals surface area contributed by atoms with Crippen LogP contribution < -0.4 is 14.8 Å². The molecule has 3 N–H and O–H groups in total. The first-order valence-corrected chi connectivity index (χ1v) is 9.49. The van der Waals surface area contributed by atoms with Gasteiger partial charge in [0.1, 0.15) is 5.75 Å². The van der Waals surface area contributed by atoms with Crippen LogP contribution in [0.5, 0.6) is 5.75 Å². The van der Waals surface area contributed by atoms with Crippen LogP contribution >= 0.6 is 0 Å². The van der Waals surface area contributed by atoms with Crippen LogP contribution in [0.1, 0.15) is 46.0 Å². The number of nitrogens with one attached hydrogen (secondary N) is 2. The summed E-state index contributed by atoms with van der Waals surface area (Å²) in [6.45, 7) is 4.07. The number of carbonyl (C=O) groups is 1. The molecule has 0 unspecified atom stereocenters. The summed E-state index contributed by atoms with van der Waals surface area (Å²) in [6, 6.07) is 7.24. The van der Waals surface area contributed by atoms with Gasteiger partial charge in [-0.15, -0.1) is 0 Å². The van der Waals surface area contributed by atoms with Gasteiger partial charge in [0.25, 0.3) is 0 Å². The van der Waals surface area contributed by atoms with Crippen LogP contribution in [-0.2, 0) is 15.1 Å². The Hall–Kier alpha value is -1.64. The molecule has 24 heavy (non-hydrogen) atoms. The lowest BCUT2D eigenvalue weighted by atomic mass is 9.96. The molecular weight excluding hydrogens is 332 g/mol. The lowest BCUT2D eigenvalue weighted by molar-refractivity contribution is -0.114. The first kappa shape index (κ1) is 20.4. The Morgan fingerprint density at radius 2 is 1.79 bits per heavy atom. The first-order chi connectivity index (χ1) is 11.3. The van der Waals surface area contributed by atoms with Crippen LogP contribution in [0.2, 0.25) is 0 Å². The Balaban J connectivity index is 0.000000243. The second-order valence-corrected chi connectivity index (χ2v) is 6.75. The molecule has 1 aliphatic carbocycles. The van der Waals surface area contributed by atoms with Gasteiger partial charge in [-0.25, -0.2) is 0 Å². The lowest BCUT2D eigenvalue weighted by Crippen LogP contribution is -2.35. The van der Waals surface area contributed by atoms with Crippen molar-refractivity contribution in [3.8, 4) is 5.75 Å². The standard InChI is InChI=1S/C10H13NO2.C6H13NO3S/c1-3-13-10-6-4-9(5-7-10)11-8(2)12;8-11(9,10)7-6-4-2-1-3-5-6/h4-7H,3H2,1-2H3,(H,11,12);6-7H,1-5H2,(H,8,9,10). The molecule has 0 atom stereocenters. The number of hydrogen-bond acceptors (Lipinski definition) is 4. The molecule has 1 saturated carbocycles. The number of ether oxygens (including phenoxy) is 1. The SMILES string of the molecule is CCOc1ccc(NC(C)=O)cc1.O=S(=O)(O)NC1CCCCC1. The fraction of sp³-hybridized carbons (Fsp3) is 0.562. The monoisotopic (exact) mass is 358 g/mol. The second kappa shape index (κ2) is 10.3. The molecule has 0 spiro atoms. The zero-order valence-electron chi connectivity index (χ0n) is 14.1. The molecule has 7 nitrogen and oxygen atoms in total. The Kier molecular flexibility index (Phi) is 8.73. The fourth-order valence-corrected chi connectivity index (χ4v) is 3.09. The van der Waals surface area contributed by atoms with Crippen molar-refractivity contribution in [1.82, 2.24) is 4.72 Å². The topological polar surface area (TPSA) is 105 Å². The number of carbonyl (C=O) groups excluding carboxylic acids is 1. The van der Waals surface area contributed by atoms with Crippen molar-refractivity contribution in [3.05, 3.63) is 24.3 Å². The van der Waals surface area contributed by atoms with Gasteiger partial charge in [0.05, 0.1) is 6.61 Å². The van der Waals surface area contributed by atoms with E-state index >= 15 is 0 Å². The second-order valence-electron chi connectivity index (χ2n) is 5.57. The number of rotatable bonds is 5. The zero-order valence-corrected chi connectivity index (χ0v) is 14.9. The molecule has 1 aromatic carbocycles. The van der Waals surface area contributed by atoms with E-state index in [2.05, 4.69) is 10.0 Å². The van der Waals surface area contributed by atoms with Crippen LogP contribution in [0, 0.1) is 0 Å². The fourth-order valence-electron chi connectivity index (χ4n) is 2.44. The summed E-state index contributed by atoms with van der Waals surface area (Å²) in [5.74, 6) is 0.751. The van der Waals surface area contributed by atoms with Crippen molar-refractivity contribution in [2.75, 3.05) is 11.9 Å². The lowest BCUT2D eigenvalue weighted by Gasteiger charge is -2.20. The van der Waals surface area contributed by atoms with Crippen LogP contribution in [-0.4, -0.2) is 31.5 Å². The summed E-state index contributed by atoms with van der Waals surface area (Å²) in [7, 11) is -3.97. The summed E-state index contributed by atoms with van der Waals surface area (Å²) >= 11 is 0. The maximum absolute atomic E-state index is 10.7. The molecule has 0 aromatic heterocycles. The third-order valence-electron chi connectivity index (χ3n) is 3.41. The number of anilines is 1. The van der Waals surface area contributed by atoms with Gasteiger partial charge in [-0.1, -0.05) is 19.3 Å². The average molecular weight is 358 g/mol. The van der Waals surface area contributed by atoms with Crippen molar-refractivity contribution in [2.45, 2.75) is 52.0 Å². The van der Waals surface area contributed by atoms with Gasteiger partial charge in [0.2, 0.25) is 5.91 Å². The largest absolute Gasteiger partial charge is 0.494 e. The minimum Gasteiger partial charge on any atom is -0.494 e. The summed E-state index contributed by atoms with van der Waals surface area (Å²) in [5, 5.41) is 2.68. The Labute approximate surface area is 143 Å². The Morgan fingerprint density at radius 1 is 1.21 bits per heavy atom. The molecule has 136 valence electrons. The maximum Gasteiger partial charge on any atom is 0.333 e. The summed E-state index contributed by atoms with van der Waals surface area (Å²) in [5.41, 5.74) is 0.788. The Bertz CT molecular complexity index is 595. The summed E-state index contributed by atoms with van der Waals surface area (Å²) in [4.78, 5) is 10.7. The normalized spacial score (nSPS) is 15.1. The van der Waals surface area contributed by atoms with Crippen molar-refractivity contribution < 1.29 is 22.5 Å². The molecule has 0 heterocycles. The van der Waals surface area contributed by atoms with Gasteiger partial charge in [-0.3, -0.25) is 9.35 Å². The molecule has 1 aromatic rings. The molecule has 2 rings (SSSR count). The summed E-state index contributed by atoms with van der Waals surface area (Å²) < 4.78 is 36.6. The van der Waals surface area contributed by atoms with Crippen molar-refractivity contribution >= 4 is 21.9 Å². The predicted octanol–water partition coefficient (Wildman–Crippen LogP) is 2.76. The van der Waals surface area contributed by atoms with Crippen LogP contribution in [0.25, 0.3) is 0 Å². The summed E-state index contributed by atoms with van der Waals surface area (Å²) in [6.07, 6.45) is 4.96. The molecule has 1 aliphatic rings. The van der Waals surface area contributed by atoms with E-state index in [4.69, 9.17) is 9.29 Å². The van der Waals surface area contributed by atoms with Gasteiger partial charge in [-0.2, -0.15) is 13.1 Å². The average Bonchev–Trinajstić information content (AvgIpc) is 2.49. The smallest absolute Gasteiger partial charge is 0.333 e. The zero-order chi connectivity index (χ0) is 18.0. The van der Waals surface area contributed by atoms with E-state index in [0.717, 1.165) is 37.1 Å². The van der Waals surface area contributed by atoms with E-state index in [9.17, 15) is 13.2 Å². The van der Waals surface area contributed by atoms with Crippen LogP contribution in [0.4, 0.5) is 5.69 Å². The van der Waals surface area contributed by atoms with Crippen LogP contribution in [0.3, 0.4) is 0 Å². The molecule has 0 radical (unpaired) electrons. The quantitative estimate of drug-likeness (QED) is 0.702. The van der Waals surface area contributed by atoms with Crippen molar-refractivity contribution in [3.63, 3.8) is 0 Å². The molecule has 1 amide bonds. The molecule has 0 bridgehead atoms. The minimum absolute atomic E-state index is 0.0428. The van der Waals surface area contributed by atoms with Crippen molar-refractivity contribution in [2.24, 2.45) is 0 Å². The van der Waals surface area contributed by atoms with Crippen molar-refractivity contribution in [1.29, 1.82) is 0 Å². The number of hydrogen-bond donors (Lipinski definition) is 3. The molecule has 1 fully saturated rings.